The van der Waals surface area contributed by atoms with Crippen LogP contribution >= 0.6 is 11.6 Å². The molecule has 0 aliphatic heterocycles. The van der Waals surface area contributed by atoms with Crippen LogP contribution < -0.4 is 5.32 Å². The number of nitrogens with one attached hydrogen (secondary N) is 1. The topological polar surface area (TPSA) is 24.9 Å². The molecule has 0 atom stereocenters. The number of anilines is 1. The number of pyridine rings is 1. The third-order valence-corrected chi connectivity index (χ3v) is 1.76. The standard InChI is InChI=1S/C7H5ClF4N2/c1-13-6-4(9)2-3(5(8)14-6)7(10,11)12/h2H,1H3,(H,13,14). The van der Waals surface area contributed by atoms with Crippen molar-refractivity contribution in [3.05, 3.63) is 22.6 Å². The average molecular weight is 229 g/mol. The minimum atomic E-state index is -4.70. The molecular formula is C7H5ClF4N2. The molecule has 0 spiro atoms. The molecule has 0 radical (unpaired) electrons. The van der Waals surface area contributed by atoms with Crippen molar-refractivity contribution in [3.8, 4) is 0 Å². The van der Waals surface area contributed by atoms with E-state index in [1.165, 1.54) is 7.05 Å². The fraction of sp³-hybridized carbons (Fsp3) is 0.286. The smallest absolute Gasteiger partial charge is 0.371 e. The summed E-state index contributed by atoms with van der Waals surface area (Å²) < 4.78 is 49.3. The second kappa shape index (κ2) is 3.61. The average Bonchev–Trinajstić information content (AvgIpc) is 2.06. The molecule has 0 unspecified atom stereocenters. The molecule has 1 rings (SSSR count). The molecule has 14 heavy (non-hydrogen) atoms. The third-order valence-electron chi connectivity index (χ3n) is 1.47. The van der Waals surface area contributed by atoms with Crippen LogP contribution in [-0.2, 0) is 6.18 Å². The number of halogens is 5. The number of hydrogen-bond acceptors (Lipinski definition) is 2. The van der Waals surface area contributed by atoms with Crippen LogP contribution in [0.2, 0.25) is 5.15 Å². The Morgan fingerprint density at radius 3 is 2.43 bits per heavy atom. The van der Waals surface area contributed by atoms with Gasteiger partial charge in [-0.1, -0.05) is 11.6 Å². The lowest BCUT2D eigenvalue weighted by molar-refractivity contribution is -0.137. The molecule has 1 aromatic rings. The Morgan fingerprint density at radius 1 is 1.43 bits per heavy atom. The van der Waals surface area contributed by atoms with E-state index < -0.39 is 22.7 Å². The minimum absolute atomic E-state index is 0.307. The summed E-state index contributed by atoms with van der Waals surface area (Å²) in [4.78, 5) is 3.22. The summed E-state index contributed by atoms with van der Waals surface area (Å²) in [5.41, 5.74) is -1.28. The molecule has 78 valence electrons. The van der Waals surface area contributed by atoms with Gasteiger partial charge in [0.1, 0.15) is 5.15 Å². The summed E-state index contributed by atoms with van der Waals surface area (Å²) in [6, 6.07) is 0.307. The zero-order chi connectivity index (χ0) is 10.9. The molecule has 1 N–H and O–H groups in total. The molecule has 0 aromatic carbocycles. The van der Waals surface area contributed by atoms with E-state index in [1.807, 2.05) is 0 Å². The Morgan fingerprint density at radius 2 is 2.00 bits per heavy atom. The number of alkyl halides is 3. The molecule has 7 heteroatoms. The third kappa shape index (κ3) is 2.06. The van der Waals surface area contributed by atoms with E-state index in [-0.39, 0.29) is 5.82 Å². The van der Waals surface area contributed by atoms with Gasteiger partial charge in [0.2, 0.25) is 0 Å². The first-order valence-corrected chi connectivity index (χ1v) is 3.85. The zero-order valence-corrected chi connectivity index (χ0v) is 7.67. The van der Waals surface area contributed by atoms with Crippen molar-refractivity contribution in [1.29, 1.82) is 0 Å². The van der Waals surface area contributed by atoms with Crippen molar-refractivity contribution in [2.45, 2.75) is 6.18 Å². The Labute approximate surface area is 81.9 Å². The van der Waals surface area contributed by atoms with Gasteiger partial charge in [0, 0.05) is 7.05 Å². The normalized spacial score (nSPS) is 11.6. The molecule has 0 fully saturated rings. The highest BCUT2D eigenvalue weighted by molar-refractivity contribution is 6.30. The van der Waals surface area contributed by atoms with Crippen LogP contribution in [-0.4, -0.2) is 12.0 Å². The fourth-order valence-electron chi connectivity index (χ4n) is 0.841. The van der Waals surface area contributed by atoms with E-state index in [4.69, 9.17) is 11.6 Å². The second-order valence-electron chi connectivity index (χ2n) is 2.40. The Balaban J connectivity index is 3.29. The van der Waals surface area contributed by atoms with Gasteiger partial charge in [-0.15, -0.1) is 0 Å². The number of nitrogens with zero attached hydrogens (tertiary/aromatic N) is 1. The Hall–Kier alpha value is -1.04. The van der Waals surface area contributed by atoms with Gasteiger partial charge >= 0.3 is 6.18 Å². The SMILES string of the molecule is CNc1nc(Cl)c(C(F)(F)F)cc1F. The molecular weight excluding hydrogens is 224 g/mol. The van der Waals surface area contributed by atoms with Gasteiger partial charge in [-0.3, -0.25) is 0 Å². The van der Waals surface area contributed by atoms with E-state index in [0.29, 0.717) is 6.07 Å². The summed E-state index contributed by atoms with van der Waals surface area (Å²) in [6.45, 7) is 0. The summed E-state index contributed by atoms with van der Waals surface area (Å²) in [7, 11) is 1.33. The number of hydrogen-bond donors (Lipinski definition) is 1. The second-order valence-corrected chi connectivity index (χ2v) is 2.76. The predicted octanol–water partition coefficient (Wildman–Crippen LogP) is 2.93. The highest BCUT2D eigenvalue weighted by Crippen LogP contribution is 2.35. The monoisotopic (exact) mass is 228 g/mol. The lowest BCUT2D eigenvalue weighted by atomic mass is 10.2. The summed E-state index contributed by atoms with van der Waals surface area (Å²) in [6.07, 6.45) is -4.70. The first-order valence-electron chi connectivity index (χ1n) is 3.47. The van der Waals surface area contributed by atoms with Crippen molar-refractivity contribution in [3.63, 3.8) is 0 Å². The first-order chi connectivity index (χ1) is 6.36. The van der Waals surface area contributed by atoms with Crippen LogP contribution in [0.25, 0.3) is 0 Å². The summed E-state index contributed by atoms with van der Waals surface area (Å²) in [5, 5.41) is 1.50. The first kappa shape index (κ1) is 11.0. The van der Waals surface area contributed by atoms with Gasteiger partial charge in [0.15, 0.2) is 11.6 Å². The maximum Gasteiger partial charge on any atom is 0.419 e. The van der Waals surface area contributed by atoms with Crippen molar-refractivity contribution >= 4 is 17.4 Å². The largest absolute Gasteiger partial charge is 0.419 e. The van der Waals surface area contributed by atoms with Gasteiger partial charge in [-0.05, 0) is 6.07 Å². The van der Waals surface area contributed by atoms with Crippen LogP contribution in [0.15, 0.2) is 6.07 Å². The van der Waals surface area contributed by atoms with Gasteiger partial charge < -0.3 is 5.32 Å². The molecule has 1 aromatic heterocycles. The van der Waals surface area contributed by atoms with Gasteiger partial charge in [0.05, 0.1) is 5.56 Å². The Bertz CT molecular complexity index is 350. The van der Waals surface area contributed by atoms with Crippen molar-refractivity contribution in [1.82, 2.24) is 4.98 Å². The summed E-state index contributed by atoms with van der Waals surface area (Å²) >= 11 is 5.23. The van der Waals surface area contributed by atoms with Crippen LogP contribution in [0.1, 0.15) is 5.56 Å². The Kier molecular flexibility index (Phi) is 2.84. The molecule has 0 amide bonds. The minimum Gasteiger partial charge on any atom is -0.371 e. The van der Waals surface area contributed by atoms with E-state index in [1.54, 1.807) is 0 Å². The van der Waals surface area contributed by atoms with Crippen molar-refractivity contribution in [2.24, 2.45) is 0 Å². The van der Waals surface area contributed by atoms with Gasteiger partial charge in [0.25, 0.3) is 0 Å². The molecule has 1 heterocycles. The van der Waals surface area contributed by atoms with Gasteiger partial charge in [-0.25, -0.2) is 9.37 Å². The molecule has 2 nitrogen and oxygen atoms in total. The fourth-order valence-corrected chi connectivity index (χ4v) is 1.09. The maximum atomic E-state index is 12.9. The number of aromatic nitrogens is 1. The maximum absolute atomic E-state index is 12.9. The van der Waals surface area contributed by atoms with Crippen LogP contribution in [0.4, 0.5) is 23.4 Å². The summed E-state index contributed by atoms with van der Waals surface area (Å²) in [5.74, 6) is -1.41. The van der Waals surface area contributed by atoms with Crippen LogP contribution in [0, 0.1) is 5.82 Å². The highest BCUT2D eigenvalue weighted by Gasteiger charge is 2.35. The highest BCUT2D eigenvalue weighted by atomic mass is 35.5. The van der Waals surface area contributed by atoms with E-state index in [2.05, 4.69) is 10.3 Å². The van der Waals surface area contributed by atoms with Crippen LogP contribution in [0.3, 0.4) is 0 Å². The lowest BCUT2D eigenvalue weighted by Gasteiger charge is -2.09. The molecule has 0 saturated carbocycles. The van der Waals surface area contributed by atoms with Crippen molar-refractivity contribution in [2.75, 3.05) is 12.4 Å². The van der Waals surface area contributed by atoms with Crippen LogP contribution in [0.5, 0.6) is 0 Å². The molecule has 0 bridgehead atoms. The van der Waals surface area contributed by atoms with Gasteiger partial charge in [-0.2, -0.15) is 13.2 Å². The predicted molar refractivity (Wildman–Crippen MR) is 43.8 cm³/mol. The van der Waals surface area contributed by atoms with E-state index in [0.717, 1.165) is 0 Å². The quantitative estimate of drug-likeness (QED) is 0.591. The molecule has 0 saturated heterocycles. The molecule has 0 aliphatic carbocycles. The van der Waals surface area contributed by atoms with Crippen molar-refractivity contribution < 1.29 is 17.6 Å². The van der Waals surface area contributed by atoms with E-state index >= 15 is 0 Å². The number of rotatable bonds is 1. The lowest BCUT2D eigenvalue weighted by Crippen LogP contribution is -2.09. The zero-order valence-electron chi connectivity index (χ0n) is 6.91. The van der Waals surface area contributed by atoms with E-state index in [9.17, 15) is 17.6 Å². The molecule has 0 aliphatic rings.